The van der Waals surface area contributed by atoms with Crippen LogP contribution in [0, 0.1) is 0 Å². The summed E-state index contributed by atoms with van der Waals surface area (Å²) < 4.78 is 12.5. The number of pyridine rings is 1. The molecule has 0 atom stereocenters. The first kappa shape index (κ1) is 34.7. The molecule has 4 aromatic rings. The van der Waals surface area contributed by atoms with E-state index in [1.165, 1.54) is 20.3 Å². The van der Waals surface area contributed by atoms with E-state index in [1.807, 2.05) is 18.2 Å². The molecular weight excluding hydrogens is 627 g/mol. The van der Waals surface area contributed by atoms with Crippen LogP contribution in [0.15, 0.2) is 60.0 Å². The molecule has 0 saturated heterocycles. The normalized spacial score (nSPS) is 11.1. The number of aromatic nitrogens is 3. The number of nitrogens with zero attached hydrogens (tertiary/aromatic N) is 4. The third-order valence-electron chi connectivity index (χ3n) is 7.75. The van der Waals surface area contributed by atoms with Gasteiger partial charge in [0.15, 0.2) is 0 Å². The van der Waals surface area contributed by atoms with Gasteiger partial charge in [0.05, 0.1) is 29.8 Å². The van der Waals surface area contributed by atoms with Crippen LogP contribution in [0.2, 0.25) is 10.0 Å². The van der Waals surface area contributed by atoms with E-state index in [0.29, 0.717) is 52.7 Å². The first-order valence-electron chi connectivity index (χ1n) is 15.2. The molecule has 4 rings (SSSR count). The number of halogens is 2. The molecule has 244 valence electrons. The molecule has 0 unspecified atom stereocenters. The Morgan fingerprint density at radius 2 is 1.78 bits per heavy atom. The average Bonchev–Trinajstić information content (AvgIpc) is 3.06. The number of hydrogen-bond acceptors (Lipinski definition) is 8. The number of carbonyl (C=O) groups excluding carboxylic acids is 1. The molecule has 0 saturated carbocycles. The minimum absolute atomic E-state index is 0.186. The molecular formula is C34H40Cl2N6O4. The number of fused-ring (bicyclic) bond motifs is 1. The van der Waals surface area contributed by atoms with E-state index in [2.05, 4.69) is 40.9 Å². The van der Waals surface area contributed by atoms with Gasteiger partial charge in [-0.3, -0.25) is 14.2 Å². The second-order valence-electron chi connectivity index (χ2n) is 10.6. The Hall–Kier alpha value is -4.12. The van der Waals surface area contributed by atoms with Crippen LogP contribution in [0.5, 0.6) is 11.5 Å². The molecule has 1 amide bonds. The van der Waals surface area contributed by atoms with Gasteiger partial charge in [-0.05, 0) is 68.7 Å². The van der Waals surface area contributed by atoms with E-state index in [-0.39, 0.29) is 33.6 Å². The number of hydrogen-bond donors (Lipinski definition) is 2. The molecule has 10 nitrogen and oxygen atoms in total. The number of unbranched alkanes of at least 4 members (excludes halogenated alkanes) is 1. The number of ether oxygens (including phenoxy) is 2. The zero-order chi connectivity index (χ0) is 33.2. The molecule has 2 heterocycles. The molecule has 12 heteroatoms. The molecule has 0 bridgehead atoms. The molecule has 2 aromatic heterocycles. The van der Waals surface area contributed by atoms with Crippen LogP contribution in [-0.2, 0) is 17.8 Å². The number of anilines is 2. The van der Waals surface area contributed by atoms with Gasteiger partial charge in [0, 0.05) is 42.0 Å². The van der Waals surface area contributed by atoms with E-state index in [0.717, 1.165) is 38.0 Å². The number of nitrogens with one attached hydrogen (secondary N) is 2. The highest BCUT2D eigenvalue weighted by molar-refractivity contribution is 6.41. The van der Waals surface area contributed by atoms with Gasteiger partial charge in [-0.15, -0.1) is 0 Å². The van der Waals surface area contributed by atoms with Crippen LogP contribution >= 0.6 is 23.2 Å². The van der Waals surface area contributed by atoms with Crippen LogP contribution in [0.25, 0.3) is 22.2 Å². The van der Waals surface area contributed by atoms with Crippen LogP contribution < -0.4 is 25.7 Å². The highest BCUT2D eigenvalue weighted by atomic mass is 35.5. The quantitative estimate of drug-likeness (QED) is 0.101. The Morgan fingerprint density at radius 1 is 1.07 bits per heavy atom. The smallest absolute Gasteiger partial charge is 0.260 e. The minimum atomic E-state index is -0.341. The Balaban J connectivity index is 1.74. The van der Waals surface area contributed by atoms with Crippen molar-refractivity contribution in [3.63, 3.8) is 0 Å². The van der Waals surface area contributed by atoms with Crippen molar-refractivity contribution < 1.29 is 14.3 Å². The van der Waals surface area contributed by atoms with Crippen molar-refractivity contribution in [2.45, 2.75) is 39.7 Å². The summed E-state index contributed by atoms with van der Waals surface area (Å²) in [6.07, 6.45) is 5.37. The van der Waals surface area contributed by atoms with E-state index in [1.54, 1.807) is 29.0 Å². The van der Waals surface area contributed by atoms with Crippen molar-refractivity contribution in [3.05, 3.63) is 81.2 Å². The van der Waals surface area contributed by atoms with Crippen molar-refractivity contribution in [1.29, 1.82) is 0 Å². The topological polar surface area (TPSA) is 111 Å². The van der Waals surface area contributed by atoms with Crippen LogP contribution in [-0.4, -0.2) is 65.7 Å². The van der Waals surface area contributed by atoms with Gasteiger partial charge < -0.3 is 25.0 Å². The summed E-state index contributed by atoms with van der Waals surface area (Å²) in [5, 5.41) is 7.09. The second kappa shape index (κ2) is 16.4. The van der Waals surface area contributed by atoms with Gasteiger partial charge in [-0.25, -0.2) is 4.98 Å². The lowest BCUT2D eigenvalue weighted by Crippen LogP contribution is -2.25. The van der Waals surface area contributed by atoms with Gasteiger partial charge in [-0.2, -0.15) is 4.98 Å². The van der Waals surface area contributed by atoms with Crippen LogP contribution in [0.4, 0.5) is 11.6 Å². The van der Waals surface area contributed by atoms with Gasteiger partial charge >= 0.3 is 0 Å². The van der Waals surface area contributed by atoms with Gasteiger partial charge in [0.1, 0.15) is 17.1 Å². The molecule has 2 aromatic carbocycles. The molecule has 0 aliphatic heterocycles. The predicted octanol–water partition coefficient (Wildman–Crippen LogP) is 6.68. The molecule has 0 fully saturated rings. The minimum Gasteiger partial charge on any atom is -0.495 e. The number of aryl methyl sites for hydroxylation is 2. The van der Waals surface area contributed by atoms with E-state index in [4.69, 9.17) is 37.7 Å². The Labute approximate surface area is 279 Å². The summed E-state index contributed by atoms with van der Waals surface area (Å²) >= 11 is 13.5. The lowest BCUT2D eigenvalue weighted by Gasteiger charge is -2.18. The maximum absolute atomic E-state index is 14.3. The summed E-state index contributed by atoms with van der Waals surface area (Å²) in [6.45, 7) is 11.9. The summed E-state index contributed by atoms with van der Waals surface area (Å²) in [5.74, 6) is 0.766. The Kier molecular flexibility index (Phi) is 12.4. The summed E-state index contributed by atoms with van der Waals surface area (Å²) in [6, 6.07) is 10.7. The zero-order valence-electron chi connectivity index (χ0n) is 26.7. The fourth-order valence-electron chi connectivity index (χ4n) is 5.19. The van der Waals surface area contributed by atoms with Crippen molar-refractivity contribution >= 4 is 51.8 Å². The van der Waals surface area contributed by atoms with E-state index in [9.17, 15) is 9.59 Å². The zero-order valence-corrected chi connectivity index (χ0v) is 28.2. The van der Waals surface area contributed by atoms with Crippen LogP contribution in [0.1, 0.15) is 32.3 Å². The summed E-state index contributed by atoms with van der Waals surface area (Å²) in [5.41, 5.74) is 2.22. The highest BCUT2D eigenvalue weighted by Gasteiger charge is 2.23. The van der Waals surface area contributed by atoms with Gasteiger partial charge in [-0.1, -0.05) is 55.8 Å². The first-order valence-corrected chi connectivity index (χ1v) is 16.0. The molecule has 0 radical (unpaired) electrons. The number of rotatable bonds is 16. The molecule has 0 spiro atoms. The lowest BCUT2D eigenvalue weighted by molar-refractivity contribution is -0.111. The van der Waals surface area contributed by atoms with Gasteiger partial charge in [0.25, 0.3) is 5.56 Å². The Bertz CT molecular complexity index is 1730. The average molecular weight is 668 g/mol. The predicted molar refractivity (Wildman–Crippen MR) is 187 cm³/mol. The fraction of sp³-hybridized carbons (Fsp3) is 0.353. The highest BCUT2D eigenvalue weighted by Crippen LogP contribution is 2.45. The van der Waals surface area contributed by atoms with Crippen molar-refractivity contribution in [2.24, 2.45) is 0 Å². The summed E-state index contributed by atoms with van der Waals surface area (Å²) in [7, 11) is 2.96. The largest absolute Gasteiger partial charge is 0.495 e. The summed E-state index contributed by atoms with van der Waals surface area (Å²) in [4.78, 5) is 37.9. The lowest BCUT2D eigenvalue weighted by atomic mass is 10.0. The number of carbonyl (C=O) groups is 1. The van der Waals surface area contributed by atoms with Crippen LogP contribution in [0.3, 0.4) is 0 Å². The Morgan fingerprint density at radius 3 is 2.43 bits per heavy atom. The molecule has 0 aliphatic rings. The number of methoxy groups -OCH3 is 2. The number of amides is 1. The fourth-order valence-corrected chi connectivity index (χ4v) is 5.90. The maximum Gasteiger partial charge on any atom is 0.260 e. The maximum atomic E-state index is 14.3. The standard InChI is InChI=1S/C34H40Cl2N6O4/c1-6-28(43)39-24-13-11-12-22(18-24)14-17-42-32-23(21-38-34(40-32)37-15-9-10-16-41(7-2)8-3)19-25(33(42)44)29-30(35)26(45-4)20-27(46-5)31(29)36/h6,11-13,18-21H,1,7-10,14-17H2,2-5H3,(H,39,43)(H,37,38,40). The SMILES string of the molecule is C=CC(=O)Nc1cccc(CCn2c(=O)c(-c3c(Cl)c(OC)cc(OC)c3Cl)cc3cnc(NCCCCN(CC)CC)nc32)c1. The second-order valence-corrected chi connectivity index (χ2v) is 11.3. The van der Waals surface area contributed by atoms with E-state index >= 15 is 0 Å². The van der Waals surface area contributed by atoms with Crippen molar-refractivity contribution in [2.75, 3.05) is 51.0 Å². The number of benzene rings is 2. The van der Waals surface area contributed by atoms with E-state index < -0.39 is 0 Å². The van der Waals surface area contributed by atoms with Gasteiger partial charge in [0.2, 0.25) is 11.9 Å². The van der Waals surface area contributed by atoms with Crippen molar-refractivity contribution in [1.82, 2.24) is 19.4 Å². The third-order valence-corrected chi connectivity index (χ3v) is 8.50. The monoisotopic (exact) mass is 666 g/mol. The van der Waals surface area contributed by atoms with Crippen molar-refractivity contribution in [3.8, 4) is 22.6 Å². The molecule has 46 heavy (non-hydrogen) atoms. The third kappa shape index (κ3) is 8.17. The first-order chi connectivity index (χ1) is 22.2. The molecule has 2 N–H and O–H groups in total. The molecule has 0 aliphatic carbocycles.